The van der Waals surface area contributed by atoms with Gasteiger partial charge in [-0.1, -0.05) is 0 Å². The summed E-state index contributed by atoms with van der Waals surface area (Å²) in [6.45, 7) is 5.30. The molecule has 0 aromatic rings. The quantitative estimate of drug-likeness (QED) is 0.687. The molecule has 13 heavy (non-hydrogen) atoms. The van der Waals surface area contributed by atoms with Gasteiger partial charge in [-0.2, -0.15) is 0 Å². The van der Waals surface area contributed by atoms with Crippen LogP contribution in [0.3, 0.4) is 0 Å². The molecular weight excluding hydrogens is 164 g/mol. The molecule has 0 radical (unpaired) electrons. The van der Waals surface area contributed by atoms with E-state index in [9.17, 15) is 0 Å². The standard InChI is InChI=1S/C10H20N2O/c1-10(11-5-7-13-10)8-9-4-3-6-12(9)2/h9,11H,3-8H2,1-2H3. The topological polar surface area (TPSA) is 24.5 Å². The Morgan fingerprint density at radius 3 is 3.00 bits per heavy atom. The first kappa shape index (κ1) is 9.44. The third kappa shape index (κ3) is 2.03. The molecule has 0 aromatic carbocycles. The zero-order valence-electron chi connectivity index (χ0n) is 8.68. The highest BCUT2D eigenvalue weighted by Crippen LogP contribution is 2.26. The van der Waals surface area contributed by atoms with Crippen LogP contribution in [0.4, 0.5) is 0 Å². The third-order valence-electron chi connectivity index (χ3n) is 3.32. The normalized spacial score (nSPS) is 41.5. The summed E-state index contributed by atoms with van der Waals surface area (Å²) >= 11 is 0. The van der Waals surface area contributed by atoms with Gasteiger partial charge in [0, 0.05) is 19.0 Å². The molecule has 2 aliphatic rings. The van der Waals surface area contributed by atoms with E-state index in [-0.39, 0.29) is 5.72 Å². The Labute approximate surface area is 80.4 Å². The first-order valence-electron chi connectivity index (χ1n) is 5.29. The van der Waals surface area contributed by atoms with Gasteiger partial charge in [0.25, 0.3) is 0 Å². The number of ether oxygens (including phenoxy) is 1. The average Bonchev–Trinajstić information content (AvgIpc) is 2.64. The SMILES string of the molecule is CN1CCCC1CC1(C)NCCO1. The molecule has 2 saturated heterocycles. The molecule has 3 heteroatoms. The predicted octanol–water partition coefficient (Wildman–Crippen LogP) is 0.807. The maximum atomic E-state index is 5.71. The van der Waals surface area contributed by atoms with Crippen molar-refractivity contribution in [3.63, 3.8) is 0 Å². The van der Waals surface area contributed by atoms with E-state index in [1.165, 1.54) is 19.4 Å². The Balaban J connectivity index is 1.88. The van der Waals surface area contributed by atoms with Crippen LogP contribution in [0.2, 0.25) is 0 Å². The Morgan fingerprint density at radius 1 is 1.62 bits per heavy atom. The third-order valence-corrected chi connectivity index (χ3v) is 3.32. The fraction of sp³-hybridized carbons (Fsp3) is 1.00. The average molecular weight is 184 g/mol. The molecular formula is C10H20N2O. The molecule has 0 aromatic heterocycles. The fourth-order valence-corrected chi connectivity index (χ4v) is 2.46. The van der Waals surface area contributed by atoms with Crippen LogP contribution in [-0.2, 0) is 4.74 Å². The van der Waals surface area contributed by atoms with Gasteiger partial charge in [0.2, 0.25) is 0 Å². The number of nitrogens with one attached hydrogen (secondary N) is 1. The van der Waals surface area contributed by atoms with Crippen molar-refractivity contribution >= 4 is 0 Å². The molecule has 0 bridgehead atoms. The number of hydrogen-bond donors (Lipinski definition) is 1. The van der Waals surface area contributed by atoms with Crippen LogP contribution in [0, 0.1) is 0 Å². The Kier molecular flexibility index (Phi) is 2.58. The molecule has 2 heterocycles. The van der Waals surface area contributed by atoms with Gasteiger partial charge in [-0.3, -0.25) is 5.32 Å². The highest BCUT2D eigenvalue weighted by molar-refractivity contribution is 4.87. The fourth-order valence-electron chi connectivity index (χ4n) is 2.46. The van der Waals surface area contributed by atoms with Gasteiger partial charge in [0.1, 0.15) is 5.72 Å². The molecule has 2 atom stereocenters. The summed E-state index contributed by atoms with van der Waals surface area (Å²) in [4.78, 5) is 2.45. The highest BCUT2D eigenvalue weighted by Gasteiger charge is 2.34. The minimum Gasteiger partial charge on any atom is -0.360 e. The number of nitrogens with zero attached hydrogens (tertiary/aromatic N) is 1. The first-order valence-corrected chi connectivity index (χ1v) is 5.29. The van der Waals surface area contributed by atoms with Gasteiger partial charge in [0.05, 0.1) is 6.61 Å². The molecule has 0 spiro atoms. The smallest absolute Gasteiger partial charge is 0.118 e. The second kappa shape index (κ2) is 3.56. The summed E-state index contributed by atoms with van der Waals surface area (Å²) < 4.78 is 5.71. The van der Waals surface area contributed by atoms with Crippen LogP contribution in [0.15, 0.2) is 0 Å². The van der Waals surface area contributed by atoms with Crippen LogP contribution in [-0.4, -0.2) is 43.4 Å². The Morgan fingerprint density at radius 2 is 2.46 bits per heavy atom. The van der Waals surface area contributed by atoms with Crippen molar-refractivity contribution in [2.45, 2.75) is 38.0 Å². The molecule has 1 N–H and O–H groups in total. The van der Waals surface area contributed by atoms with Crippen molar-refractivity contribution in [3.05, 3.63) is 0 Å². The van der Waals surface area contributed by atoms with E-state index in [1.54, 1.807) is 0 Å². The monoisotopic (exact) mass is 184 g/mol. The van der Waals surface area contributed by atoms with E-state index in [0.29, 0.717) is 0 Å². The molecule has 0 aliphatic carbocycles. The van der Waals surface area contributed by atoms with Crippen molar-refractivity contribution in [3.8, 4) is 0 Å². The molecule has 2 fully saturated rings. The summed E-state index contributed by atoms with van der Waals surface area (Å²) in [5, 5.41) is 3.43. The maximum absolute atomic E-state index is 5.71. The van der Waals surface area contributed by atoms with E-state index in [1.807, 2.05) is 0 Å². The second-order valence-electron chi connectivity index (χ2n) is 4.49. The van der Waals surface area contributed by atoms with E-state index in [2.05, 4.69) is 24.2 Å². The van der Waals surface area contributed by atoms with Crippen LogP contribution < -0.4 is 5.32 Å². The van der Waals surface area contributed by atoms with Crippen LogP contribution in [0.5, 0.6) is 0 Å². The van der Waals surface area contributed by atoms with Gasteiger partial charge in [-0.15, -0.1) is 0 Å². The Hall–Kier alpha value is -0.120. The van der Waals surface area contributed by atoms with Gasteiger partial charge in [0.15, 0.2) is 0 Å². The van der Waals surface area contributed by atoms with Crippen molar-refractivity contribution in [2.24, 2.45) is 0 Å². The first-order chi connectivity index (χ1) is 6.20. The number of rotatable bonds is 2. The summed E-state index contributed by atoms with van der Waals surface area (Å²) in [7, 11) is 2.22. The Bertz CT molecular complexity index is 178. The minimum absolute atomic E-state index is 0.0523. The van der Waals surface area contributed by atoms with E-state index in [4.69, 9.17) is 4.74 Å². The summed E-state index contributed by atoms with van der Waals surface area (Å²) in [6.07, 6.45) is 3.80. The lowest BCUT2D eigenvalue weighted by Crippen LogP contribution is -2.43. The summed E-state index contributed by atoms with van der Waals surface area (Å²) in [5.41, 5.74) is -0.0523. The molecule has 0 amide bonds. The lowest BCUT2D eigenvalue weighted by molar-refractivity contribution is -0.0157. The summed E-state index contributed by atoms with van der Waals surface area (Å²) in [5.74, 6) is 0. The zero-order chi connectivity index (χ0) is 9.31. The minimum atomic E-state index is -0.0523. The largest absolute Gasteiger partial charge is 0.360 e. The van der Waals surface area contributed by atoms with Crippen molar-refractivity contribution in [1.29, 1.82) is 0 Å². The van der Waals surface area contributed by atoms with Gasteiger partial charge in [-0.05, 0) is 33.4 Å². The molecule has 76 valence electrons. The van der Waals surface area contributed by atoms with Gasteiger partial charge < -0.3 is 9.64 Å². The molecule has 2 rings (SSSR count). The van der Waals surface area contributed by atoms with E-state index >= 15 is 0 Å². The predicted molar refractivity (Wildman–Crippen MR) is 52.6 cm³/mol. The second-order valence-corrected chi connectivity index (χ2v) is 4.49. The van der Waals surface area contributed by atoms with Gasteiger partial charge in [-0.25, -0.2) is 0 Å². The lowest BCUT2D eigenvalue weighted by atomic mass is 10.0. The van der Waals surface area contributed by atoms with Crippen LogP contribution in [0.1, 0.15) is 26.2 Å². The van der Waals surface area contributed by atoms with Crippen molar-refractivity contribution < 1.29 is 4.74 Å². The number of likely N-dealkylation sites (tertiary alicyclic amines) is 1. The summed E-state index contributed by atoms with van der Waals surface area (Å²) in [6, 6.07) is 0.718. The molecule has 0 saturated carbocycles. The van der Waals surface area contributed by atoms with Crippen LogP contribution in [0.25, 0.3) is 0 Å². The highest BCUT2D eigenvalue weighted by atomic mass is 16.5. The zero-order valence-corrected chi connectivity index (χ0v) is 8.68. The van der Waals surface area contributed by atoms with E-state index < -0.39 is 0 Å². The van der Waals surface area contributed by atoms with Crippen molar-refractivity contribution in [1.82, 2.24) is 10.2 Å². The van der Waals surface area contributed by atoms with Crippen LogP contribution >= 0.6 is 0 Å². The number of hydrogen-bond acceptors (Lipinski definition) is 3. The van der Waals surface area contributed by atoms with Gasteiger partial charge >= 0.3 is 0 Å². The molecule has 3 nitrogen and oxygen atoms in total. The molecule has 2 aliphatic heterocycles. The molecule has 2 unspecified atom stereocenters. The van der Waals surface area contributed by atoms with Crippen molar-refractivity contribution in [2.75, 3.05) is 26.7 Å². The lowest BCUT2D eigenvalue weighted by Gasteiger charge is -2.30. The van der Waals surface area contributed by atoms with E-state index in [0.717, 1.165) is 25.6 Å². The maximum Gasteiger partial charge on any atom is 0.118 e.